The normalized spacial score (nSPS) is 14.5. The van der Waals surface area contributed by atoms with Crippen LogP contribution in [0.15, 0.2) is 24.3 Å². The summed E-state index contributed by atoms with van der Waals surface area (Å²) in [5.41, 5.74) is 1.52. The third-order valence-corrected chi connectivity index (χ3v) is 9.18. The van der Waals surface area contributed by atoms with E-state index in [-0.39, 0.29) is 23.2 Å². The Labute approximate surface area is 234 Å². The first-order valence-corrected chi connectivity index (χ1v) is 17.0. The van der Waals surface area contributed by atoms with Crippen LogP contribution in [0.4, 0.5) is 0 Å². The standard InChI is InChI=1S/C33H61O3S/c1-7-9-11-12-13-15-19-29(3)36-37(28-18-26-34)27-17-16-21-31(20-14-10-8-2)35-32-24-22-30(23-25-32)33(4,5)6/h22-25,29,31,34H,7-21,26-28H2,1-6H3/q+1. The lowest BCUT2D eigenvalue weighted by molar-refractivity contribution is 0.173. The Bertz CT molecular complexity index is 640. The van der Waals surface area contributed by atoms with Gasteiger partial charge in [-0.05, 0) is 68.6 Å². The molecule has 0 aromatic heterocycles. The van der Waals surface area contributed by atoms with Crippen molar-refractivity contribution < 1.29 is 14.0 Å². The van der Waals surface area contributed by atoms with Crippen molar-refractivity contribution in [1.82, 2.24) is 0 Å². The monoisotopic (exact) mass is 537 g/mol. The summed E-state index contributed by atoms with van der Waals surface area (Å²) < 4.78 is 13.0. The molecule has 0 aliphatic rings. The van der Waals surface area contributed by atoms with Crippen LogP contribution >= 0.6 is 0 Å². The predicted molar refractivity (Wildman–Crippen MR) is 165 cm³/mol. The van der Waals surface area contributed by atoms with E-state index in [0.717, 1.165) is 42.9 Å². The van der Waals surface area contributed by atoms with Crippen LogP contribution in [0.1, 0.15) is 143 Å². The summed E-state index contributed by atoms with van der Waals surface area (Å²) in [6.45, 7) is 13.8. The fraction of sp³-hybridized carbons (Fsp3) is 0.818. The zero-order valence-corrected chi connectivity index (χ0v) is 26.2. The Kier molecular flexibility index (Phi) is 19.6. The number of benzene rings is 1. The van der Waals surface area contributed by atoms with E-state index in [0.29, 0.717) is 12.2 Å². The number of aliphatic hydroxyl groups excluding tert-OH is 1. The third-order valence-electron chi connectivity index (χ3n) is 7.10. The van der Waals surface area contributed by atoms with Gasteiger partial charge in [-0.1, -0.05) is 98.1 Å². The molecular weight excluding hydrogens is 476 g/mol. The van der Waals surface area contributed by atoms with Crippen molar-refractivity contribution in [2.45, 2.75) is 155 Å². The molecule has 1 aromatic rings. The van der Waals surface area contributed by atoms with Gasteiger partial charge in [0.05, 0.1) is 6.10 Å². The van der Waals surface area contributed by atoms with Gasteiger partial charge in [-0.2, -0.15) is 4.18 Å². The van der Waals surface area contributed by atoms with Crippen molar-refractivity contribution in [3.63, 3.8) is 0 Å². The summed E-state index contributed by atoms with van der Waals surface area (Å²) in [5, 5.41) is 9.37. The summed E-state index contributed by atoms with van der Waals surface area (Å²) in [6, 6.07) is 8.74. The van der Waals surface area contributed by atoms with Gasteiger partial charge in [0, 0.05) is 13.0 Å². The van der Waals surface area contributed by atoms with Gasteiger partial charge in [-0.3, -0.25) is 0 Å². The van der Waals surface area contributed by atoms with Crippen LogP contribution in [0.25, 0.3) is 0 Å². The SMILES string of the molecule is CCCCCCCCC(C)O[S+](CCCO)CCCCC(CCCCC)Oc1ccc(C(C)(C)C)cc1. The summed E-state index contributed by atoms with van der Waals surface area (Å²) >= 11 is -0.0362. The second-order valence-electron chi connectivity index (χ2n) is 11.9. The second-order valence-corrected chi connectivity index (χ2v) is 13.8. The zero-order chi connectivity index (χ0) is 27.4. The molecule has 0 aliphatic heterocycles. The first kappa shape index (κ1) is 34.3. The number of hydrogen-bond donors (Lipinski definition) is 1. The molecule has 3 unspecified atom stereocenters. The molecule has 0 bridgehead atoms. The van der Waals surface area contributed by atoms with Crippen LogP contribution in [0.3, 0.4) is 0 Å². The molecule has 3 atom stereocenters. The Morgan fingerprint density at radius 1 is 0.730 bits per heavy atom. The van der Waals surface area contributed by atoms with E-state index in [2.05, 4.69) is 65.8 Å². The quantitative estimate of drug-likeness (QED) is 0.112. The predicted octanol–water partition coefficient (Wildman–Crippen LogP) is 9.55. The molecule has 0 heterocycles. The van der Waals surface area contributed by atoms with Crippen molar-refractivity contribution in [2.24, 2.45) is 0 Å². The minimum absolute atomic E-state index is 0.0362. The molecule has 0 saturated carbocycles. The molecule has 0 radical (unpaired) electrons. The Morgan fingerprint density at radius 2 is 1.27 bits per heavy atom. The van der Waals surface area contributed by atoms with E-state index < -0.39 is 0 Å². The Balaban J connectivity index is 2.49. The van der Waals surface area contributed by atoms with E-state index >= 15 is 0 Å². The maximum Gasteiger partial charge on any atom is 0.147 e. The Hall–Kier alpha value is -0.710. The molecule has 216 valence electrons. The second kappa shape index (κ2) is 21.2. The van der Waals surface area contributed by atoms with Crippen LogP contribution in [-0.4, -0.2) is 35.4 Å². The molecule has 1 aromatic carbocycles. The van der Waals surface area contributed by atoms with Crippen LogP contribution in [0.5, 0.6) is 5.75 Å². The molecule has 0 spiro atoms. The minimum Gasteiger partial charge on any atom is -0.490 e. The van der Waals surface area contributed by atoms with Crippen molar-refractivity contribution in [1.29, 1.82) is 0 Å². The minimum atomic E-state index is -0.0362. The third kappa shape index (κ3) is 17.5. The van der Waals surface area contributed by atoms with Crippen molar-refractivity contribution >= 4 is 11.2 Å². The lowest BCUT2D eigenvalue weighted by Gasteiger charge is -2.22. The smallest absolute Gasteiger partial charge is 0.147 e. The van der Waals surface area contributed by atoms with Gasteiger partial charge in [-0.25, -0.2) is 0 Å². The van der Waals surface area contributed by atoms with Crippen molar-refractivity contribution in [2.75, 3.05) is 18.1 Å². The first-order chi connectivity index (χ1) is 17.8. The van der Waals surface area contributed by atoms with E-state index in [1.807, 2.05) is 0 Å². The molecule has 3 nitrogen and oxygen atoms in total. The Morgan fingerprint density at radius 3 is 1.89 bits per heavy atom. The maximum absolute atomic E-state index is 9.37. The lowest BCUT2D eigenvalue weighted by Crippen LogP contribution is -2.23. The highest BCUT2D eigenvalue weighted by Crippen LogP contribution is 2.26. The van der Waals surface area contributed by atoms with Gasteiger partial charge in [-0.15, -0.1) is 0 Å². The number of rotatable bonds is 23. The zero-order valence-electron chi connectivity index (χ0n) is 25.4. The molecular formula is C33H61O3S+. The van der Waals surface area contributed by atoms with Crippen molar-refractivity contribution in [3.8, 4) is 5.75 Å². The van der Waals surface area contributed by atoms with E-state index in [1.54, 1.807) is 0 Å². The van der Waals surface area contributed by atoms with E-state index in [9.17, 15) is 5.11 Å². The topological polar surface area (TPSA) is 38.7 Å². The van der Waals surface area contributed by atoms with E-state index in [1.165, 1.54) is 76.2 Å². The maximum atomic E-state index is 9.37. The molecule has 1 rings (SSSR count). The molecule has 0 fully saturated rings. The van der Waals surface area contributed by atoms with E-state index in [4.69, 9.17) is 8.92 Å². The molecule has 0 saturated heterocycles. The molecule has 0 amide bonds. The highest BCUT2D eigenvalue weighted by atomic mass is 32.2. The number of unbranched alkanes of at least 4 members (excludes halogenated alkanes) is 8. The number of aliphatic hydroxyl groups is 1. The van der Waals surface area contributed by atoms with Gasteiger partial charge in [0.25, 0.3) is 0 Å². The van der Waals surface area contributed by atoms with Gasteiger partial charge < -0.3 is 9.84 Å². The number of hydrogen-bond acceptors (Lipinski definition) is 3. The average Bonchev–Trinajstić information content (AvgIpc) is 2.86. The van der Waals surface area contributed by atoms with Gasteiger partial charge in [0.15, 0.2) is 0 Å². The average molecular weight is 538 g/mol. The van der Waals surface area contributed by atoms with Crippen LogP contribution in [0.2, 0.25) is 0 Å². The van der Waals surface area contributed by atoms with Crippen LogP contribution in [0, 0.1) is 0 Å². The number of ether oxygens (including phenoxy) is 1. The lowest BCUT2D eigenvalue weighted by atomic mass is 9.87. The molecule has 4 heteroatoms. The van der Waals surface area contributed by atoms with Gasteiger partial charge in [0.1, 0.15) is 34.5 Å². The summed E-state index contributed by atoms with van der Waals surface area (Å²) in [4.78, 5) is 0. The summed E-state index contributed by atoms with van der Waals surface area (Å²) in [6.07, 6.45) is 19.0. The van der Waals surface area contributed by atoms with Gasteiger partial charge in [0.2, 0.25) is 0 Å². The largest absolute Gasteiger partial charge is 0.490 e. The van der Waals surface area contributed by atoms with Gasteiger partial charge >= 0.3 is 0 Å². The van der Waals surface area contributed by atoms with Crippen LogP contribution < -0.4 is 4.74 Å². The highest BCUT2D eigenvalue weighted by molar-refractivity contribution is 7.92. The first-order valence-electron chi connectivity index (χ1n) is 15.5. The summed E-state index contributed by atoms with van der Waals surface area (Å²) in [7, 11) is 0. The molecule has 1 N–H and O–H groups in total. The highest BCUT2D eigenvalue weighted by Gasteiger charge is 2.23. The molecule has 37 heavy (non-hydrogen) atoms. The van der Waals surface area contributed by atoms with Crippen LogP contribution in [-0.2, 0) is 20.8 Å². The summed E-state index contributed by atoms with van der Waals surface area (Å²) in [5.74, 6) is 3.11. The fourth-order valence-corrected chi connectivity index (χ4v) is 6.60. The van der Waals surface area contributed by atoms with Crippen molar-refractivity contribution in [3.05, 3.63) is 29.8 Å². The fourth-order valence-electron chi connectivity index (χ4n) is 4.66. The molecule has 0 aliphatic carbocycles.